The van der Waals surface area contributed by atoms with E-state index in [-0.39, 0.29) is 11.1 Å². The van der Waals surface area contributed by atoms with Gasteiger partial charge in [-0.2, -0.15) is 0 Å². The molecule has 8 nitrogen and oxygen atoms in total. The SMILES string of the molecule is C=P(C)(C)CC[C@@]1(C)OC(n2cnc3c(=O)[nH]c(C)nc32)[C@H](O)[C@@H]1O. The zero-order valence-corrected chi connectivity index (χ0v) is 15.8. The average Bonchev–Trinajstić information content (AvgIpc) is 3.00. The zero-order chi connectivity index (χ0) is 18.6. The highest BCUT2D eigenvalue weighted by atomic mass is 31.2. The van der Waals surface area contributed by atoms with Crippen LogP contribution >= 0.6 is 6.89 Å². The van der Waals surface area contributed by atoms with E-state index in [4.69, 9.17) is 4.74 Å². The lowest BCUT2D eigenvalue weighted by Crippen LogP contribution is -2.41. The number of aromatic nitrogens is 4. The van der Waals surface area contributed by atoms with E-state index in [1.807, 2.05) is 0 Å². The maximum atomic E-state index is 12.0. The Morgan fingerprint density at radius 2 is 2.16 bits per heavy atom. The Morgan fingerprint density at radius 3 is 2.80 bits per heavy atom. The minimum atomic E-state index is -1.29. The molecule has 1 saturated heterocycles. The summed E-state index contributed by atoms with van der Waals surface area (Å²) in [6, 6.07) is 0. The van der Waals surface area contributed by atoms with Crippen molar-refractivity contribution >= 4 is 24.3 Å². The Kier molecular flexibility index (Phi) is 4.44. The predicted octanol–water partition coefficient (Wildman–Crippen LogP) is 0.537. The Hall–Kier alpha value is -1.47. The van der Waals surface area contributed by atoms with Crippen LogP contribution in [0.5, 0.6) is 0 Å². The average molecular weight is 368 g/mol. The number of rotatable bonds is 4. The topological polar surface area (TPSA) is 113 Å². The molecule has 0 aromatic carbocycles. The monoisotopic (exact) mass is 368 g/mol. The molecule has 0 bridgehead atoms. The first-order valence-electron chi connectivity index (χ1n) is 8.17. The van der Waals surface area contributed by atoms with Gasteiger partial charge in [-0.3, -0.25) is 9.36 Å². The quantitative estimate of drug-likeness (QED) is 0.679. The van der Waals surface area contributed by atoms with Gasteiger partial charge < -0.3 is 19.9 Å². The van der Waals surface area contributed by atoms with E-state index < -0.39 is 30.9 Å². The maximum Gasteiger partial charge on any atom is 0.279 e. The molecule has 0 amide bonds. The number of aliphatic hydroxyl groups is 2. The van der Waals surface area contributed by atoms with Gasteiger partial charge in [0.25, 0.3) is 5.56 Å². The van der Waals surface area contributed by atoms with Crippen LogP contribution in [0.1, 0.15) is 25.4 Å². The van der Waals surface area contributed by atoms with Crippen LogP contribution in [0.15, 0.2) is 11.1 Å². The standard InChI is InChI=1S/C16H25N4O4P/c1-9-18-13-10(14(23)19-9)17-8-20(13)15-11(21)12(22)16(2,24-15)6-7-25(3,4)5/h8,11-12,15,21-22H,3,6-7H2,1-2,4-5H3,(H,18,19,23)/t11-,12+,15?,16-/m1/s1. The second kappa shape index (κ2) is 6.06. The van der Waals surface area contributed by atoms with Crippen LogP contribution in [0, 0.1) is 6.92 Å². The minimum Gasteiger partial charge on any atom is -0.387 e. The third-order valence-corrected chi connectivity index (χ3v) is 6.10. The molecule has 1 aliphatic rings. The number of aryl methyl sites for hydroxylation is 1. The second-order valence-corrected chi connectivity index (χ2v) is 12.0. The Bertz CT molecular complexity index is 901. The fourth-order valence-corrected chi connectivity index (χ4v) is 4.16. The Labute approximate surface area is 145 Å². The molecule has 25 heavy (non-hydrogen) atoms. The van der Waals surface area contributed by atoms with E-state index in [0.29, 0.717) is 17.9 Å². The summed E-state index contributed by atoms with van der Waals surface area (Å²) in [6.45, 7) is 6.41. The molecule has 0 radical (unpaired) electrons. The van der Waals surface area contributed by atoms with E-state index in [1.165, 1.54) is 10.9 Å². The van der Waals surface area contributed by atoms with E-state index in [9.17, 15) is 15.0 Å². The molecule has 3 rings (SSSR count). The van der Waals surface area contributed by atoms with Crippen molar-refractivity contribution in [2.45, 2.75) is 44.3 Å². The molecule has 138 valence electrons. The van der Waals surface area contributed by atoms with Crippen molar-refractivity contribution in [3.63, 3.8) is 0 Å². The first kappa shape index (κ1) is 18.3. The molecular weight excluding hydrogens is 343 g/mol. The lowest BCUT2D eigenvalue weighted by Gasteiger charge is -2.29. The smallest absolute Gasteiger partial charge is 0.279 e. The van der Waals surface area contributed by atoms with Crippen LogP contribution in [0.25, 0.3) is 11.2 Å². The number of H-pyrrole nitrogens is 1. The van der Waals surface area contributed by atoms with Crippen LogP contribution in [-0.4, -0.2) is 73.3 Å². The summed E-state index contributed by atoms with van der Waals surface area (Å²) >= 11 is 0. The molecule has 3 heterocycles. The van der Waals surface area contributed by atoms with E-state index in [2.05, 4.69) is 34.6 Å². The highest BCUT2D eigenvalue weighted by molar-refractivity contribution is 7.72. The van der Waals surface area contributed by atoms with Crippen LogP contribution in [-0.2, 0) is 4.74 Å². The first-order chi connectivity index (χ1) is 11.5. The normalized spacial score (nSPS) is 30.2. The molecule has 0 spiro atoms. The molecule has 0 aliphatic carbocycles. The Morgan fingerprint density at radius 1 is 1.48 bits per heavy atom. The van der Waals surface area contributed by atoms with Gasteiger partial charge in [-0.05, 0) is 39.8 Å². The van der Waals surface area contributed by atoms with Gasteiger partial charge in [0.2, 0.25) is 0 Å². The van der Waals surface area contributed by atoms with Crippen LogP contribution < -0.4 is 5.56 Å². The van der Waals surface area contributed by atoms with Gasteiger partial charge in [-0.1, -0.05) is 0 Å². The van der Waals surface area contributed by atoms with Gasteiger partial charge in [0.15, 0.2) is 17.4 Å². The third-order valence-electron chi connectivity index (χ3n) is 4.67. The second-order valence-electron chi connectivity index (χ2n) is 7.64. The first-order valence-corrected chi connectivity index (χ1v) is 11.2. The lowest BCUT2D eigenvalue weighted by atomic mass is 9.95. The fraction of sp³-hybridized carbons (Fsp3) is 0.625. The molecule has 9 heteroatoms. The summed E-state index contributed by atoms with van der Waals surface area (Å²) in [5.41, 5.74) is -0.743. The van der Waals surface area contributed by atoms with E-state index in [0.717, 1.165) is 6.16 Å². The van der Waals surface area contributed by atoms with Crippen molar-refractivity contribution in [3.05, 3.63) is 22.5 Å². The molecular formula is C16H25N4O4P. The van der Waals surface area contributed by atoms with Gasteiger partial charge in [0, 0.05) is 0 Å². The molecule has 0 saturated carbocycles. The minimum absolute atomic E-state index is 0.175. The number of ether oxygens (including phenoxy) is 1. The van der Waals surface area contributed by atoms with Crippen molar-refractivity contribution in [2.24, 2.45) is 0 Å². The number of hydrogen-bond donors (Lipinski definition) is 3. The molecule has 1 fully saturated rings. The molecule has 2 aromatic rings. The van der Waals surface area contributed by atoms with E-state index >= 15 is 0 Å². The molecule has 3 N–H and O–H groups in total. The number of fused-ring (bicyclic) bond motifs is 1. The largest absolute Gasteiger partial charge is 0.387 e. The van der Waals surface area contributed by atoms with Crippen molar-refractivity contribution < 1.29 is 14.9 Å². The van der Waals surface area contributed by atoms with Gasteiger partial charge in [-0.15, -0.1) is 13.2 Å². The van der Waals surface area contributed by atoms with Gasteiger partial charge in [0.1, 0.15) is 18.0 Å². The zero-order valence-electron chi connectivity index (χ0n) is 14.9. The van der Waals surface area contributed by atoms with E-state index in [1.54, 1.807) is 13.8 Å². The summed E-state index contributed by atoms with van der Waals surface area (Å²) in [4.78, 5) is 23.0. The van der Waals surface area contributed by atoms with Crippen LogP contribution in [0.3, 0.4) is 0 Å². The lowest BCUT2D eigenvalue weighted by molar-refractivity contribution is -0.0926. The van der Waals surface area contributed by atoms with Gasteiger partial charge in [0.05, 0.1) is 11.9 Å². The molecule has 1 unspecified atom stereocenters. The fourth-order valence-electron chi connectivity index (χ4n) is 3.11. The highest BCUT2D eigenvalue weighted by Gasteiger charge is 2.52. The Balaban J connectivity index is 1.96. The van der Waals surface area contributed by atoms with Crippen LogP contribution in [0.4, 0.5) is 0 Å². The predicted molar refractivity (Wildman–Crippen MR) is 98.8 cm³/mol. The molecule has 2 aromatic heterocycles. The summed E-state index contributed by atoms with van der Waals surface area (Å²) in [7, 11) is 0. The number of imidazole rings is 1. The van der Waals surface area contributed by atoms with Crippen molar-refractivity contribution in [3.8, 4) is 0 Å². The number of hydrogen-bond acceptors (Lipinski definition) is 6. The number of nitrogens with one attached hydrogen (secondary N) is 1. The summed E-state index contributed by atoms with van der Waals surface area (Å²) in [5, 5.41) is 21.1. The summed E-state index contributed by atoms with van der Waals surface area (Å²) in [6.07, 6.45) is 3.97. The van der Waals surface area contributed by atoms with Gasteiger partial charge in [-0.25, -0.2) is 9.97 Å². The summed E-state index contributed by atoms with van der Waals surface area (Å²) < 4.78 is 7.58. The molecule has 1 aliphatic heterocycles. The van der Waals surface area contributed by atoms with Crippen molar-refractivity contribution in [1.82, 2.24) is 19.5 Å². The van der Waals surface area contributed by atoms with Crippen molar-refractivity contribution in [2.75, 3.05) is 19.5 Å². The van der Waals surface area contributed by atoms with Crippen molar-refractivity contribution in [1.29, 1.82) is 0 Å². The number of aromatic amines is 1. The third kappa shape index (κ3) is 3.31. The highest BCUT2D eigenvalue weighted by Crippen LogP contribution is 2.44. The summed E-state index contributed by atoms with van der Waals surface area (Å²) in [5.74, 6) is 0.443. The number of aliphatic hydroxyl groups excluding tert-OH is 2. The van der Waals surface area contributed by atoms with Gasteiger partial charge >= 0.3 is 0 Å². The maximum absolute atomic E-state index is 12.0. The molecule has 4 atom stereocenters. The van der Waals surface area contributed by atoms with Crippen LogP contribution in [0.2, 0.25) is 0 Å². The number of nitrogens with zero attached hydrogens (tertiary/aromatic N) is 3.